The zero-order chi connectivity index (χ0) is 15.6. The molecule has 0 saturated carbocycles. The fourth-order valence-corrected chi connectivity index (χ4v) is 4.00. The Morgan fingerprint density at radius 2 is 1.86 bits per heavy atom. The molecular formula is C13H20N2O5S. The summed E-state index contributed by atoms with van der Waals surface area (Å²) in [5.74, 6) is 0.587. The molecule has 2 N–H and O–H groups in total. The van der Waals surface area contributed by atoms with E-state index in [-0.39, 0.29) is 22.4 Å². The van der Waals surface area contributed by atoms with Crippen LogP contribution >= 0.6 is 0 Å². The van der Waals surface area contributed by atoms with Crippen LogP contribution in [0.15, 0.2) is 17.0 Å². The maximum absolute atomic E-state index is 12.7. The number of sulfonamides is 1. The van der Waals surface area contributed by atoms with Crippen LogP contribution in [0.1, 0.15) is 6.42 Å². The summed E-state index contributed by atoms with van der Waals surface area (Å²) in [4.78, 5) is 0.0417. The molecule has 1 aromatic rings. The number of benzene rings is 1. The molecule has 1 heterocycles. The first-order chi connectivity index (χ1) is 9.93. The number of nitrogens with zero attached hydrogens (tertiary/aromatic N) is 1. The molecule has 1 aliphatic heterocycles. The topological polar surface area (TPSA) is 91.1 Å². The summed E-state index contributed by atoms with van der Waals surface area (Å²) in [7, 11) is 0.767. The highest BCUT2D eigenvalue weighted by Gasteiger charge is 2.34. The Hall–Kier alpha value is -1.51. The molecule has 1 aliphatic rings. The Labute approximate surface area is 124 Å². The van der Waals surface area contributed by atoms with E-state index in [0.29, 0.717) is 25.3 Å². The van der Waals surface area contributed by atoms with Crippen molar-refractivity contribution in [3.05, 3.63) is 12.1 Å². The minimum Gasteiger partial charge on any atom is -0.495 e. The smallest absolute Gasteiger partial charge is 0.246 e. The maximum atomic E-state index is 12.7. The van der Waals surface area contributed by atoms with Gasteiger partial charge in [0, 0.05) is 26.3 Å². The number of hydrogen-bond acceptors (Lipinski definition) is 6. The number of nitrogens with two attached hydrogens (primary N) is 1. The summed E-state index contributed by atoms with van der Waals surface area (Å²) in [6, 6.07) is 2.85. The normalized spacial score (nSPS) is 19.7. The van der Waals surface area contributed by atoms with E-state index in [0.717, 1.165) is 0 Å². The molecule has 0 spiro atoms. The Morgan fingerprint density at radius 3 is 2.38 bits per heavy atom. The lowest BCUT2D eigenvalue weighted by atomic mass is 10.3. The van der Waals surface area contributed by atoms with Crippen molar-refractivity contribution in [2.75, 3.05) is 40.2 Å². The van der Waals surface area contributed by atoms with Crippen molar-refractivity contribution in [1.29, 1.82) is 0 Å². The molecule has 1 saturated heterocycles. The largest absolute Gasteiger partial charge is 0.495 e. The number of ether oxygens (including phenoxy) is 3. The van der Waals surface area contributed by atoms with Gasteiger partial charge in [0.15, 0.2) is 0 Å². The highest BCUT2D eigenvalue weighted by Crippen LogP contribution is 2.36. The molecule has 0 radical (unpaired) electrons. The van der Waals surface area contributed by atoms with Crippen LogP contribution in [0, 0.1) is 0 Å². The molecule has 7 nitrogen and oxygen atoms in total. The zero-order valence-electron chi connectivity index (χ0n) is 12.3. The van der Waals surface area contributed by atoms with Crippen LogP contribution in [-0.2, 0) is 14.8 Å². The van der Waals surface area contributed by atoms with Crippen LogP contribution in [0.5, 0.6) is 11.5 Å². The van der Waals surface area contributed by atoms with Crippen molar-refractivity contribution in [2.24, 2.45) is 0 Å². The molecule has 1 fully saturated rings. The quantitative estimate of drug-likeness (QED) is 0.804. The van der Waals surface area contributed by atoms with Gasteiger partial charge in [-0.05, 0) is 12.5 Å². The standard InChI is InChI=1S/C13H20N2O5S/c1-18-9-4-5-15(8-9)21(16,17)13-6-10(14)11(19-2)7-12(13)20-3/h6-7,9H,4-5,8,14H2,1-3H3. The number of methoxy groups -OCH3 is 3. The summed E-state index contributed by atoms with van der Waals surface area (Å²) in [5.41, 5.74) is 6.07. The van der Waals surface area contributed by atoms with Gasteiger partial charge in [-0.25, -0.2) is 8.42 Å². The van der Waals surface area contributed by atoms with Crippen molar-refractivity contribution in [1.82, 2.24) is 4.31 Å². The predicted molar refractivity (Wildman–Crippen MR) is 78.1 cm³/mol. The second-order valence-electron chi connectivity index (χ2n) is 4.75. The van der Waals surface area contributed by atoms with Crippen molar-refractivity contribution in [2.45, 2.75) is 17.4 Å². The lowest BCUT2D eigenvalue weighted by Gasteiger charge is -2.19. The van der Waals surface area contributed by atoms with Crippen molar-refractivity contribution < 1.29 is 22.6 Å². The third kappa shape index (κ3) is 2.92. The first-order valence-corrected chi connectivity index (χ1v) is 7.92. The highest BCUT2D eigenvalue weighted by molar-refractivity contribution is 7.89. The monoisotopic (exact) mass is 316 g/mol. The van der Waals surface area contributed by atoms with E-state index in [1.807, 2.05) is 0 Å². The molecule has 2 rings (SSSR count). The molecule has 0 aromatic heterocycles. The van der Waals surface area contributed by atoms with E-state index in [1.165, 1.54) is 30.7 Å². The molecule has 118 valence electrons. The molecule has 0 bridgehead atoms. The molecule has 1 atom stereocenters. The van der Waals surface area contributed by atoms with Gasteiger partial charge in [0.1, 0.15) is 16.4 Å². The van der Waals surface area contributed by atoms with Crippen molar-refractivity contribution in [3.63, 3.8) is 0 Å². The Morgan fingerprint density at radius 1 is 1.19 bits per heavy atom. The maximum Gasteiger partial charge on any atom is 0.246 e. The molecule has 1 aromatic carbocycles. The van der Waals surface area contributed by atoms with Gasteiger partial charge in [-0.3, -0.25) is 0 Å². The van der Waals surface area contributed by atoms with Crippen LogP contribution in [0.4, 0.5) is 5.69 Å². The van der Waals surface area contributed by atoms with Gasteiger partial charge in [0.25, 0.3) is 0 Å². The third-order valence-corrected chi connectivity index (χ3v) is 5.46. The molecule has 0 amide bonds. The lowest BCUT2D eigenvalue weighted by Crippen LogP contribution is -2.30. The fraction of sp³-hybridized carbons (Fsp3) is 0.538. The van der Waals surface area contributed by atoms with Crippen LogP contribution in [0.3, 0.4) is 0 Å². The van der Waals surface area contributed by atoms with Gasteiger partial charge >= 0.3 is 0 Å². The summed E-state index contributed by atoms with van der Waals surface area (Å²) in [6.07, 6.45) is 0.588. The van der Waals surface area contributed by atoms with Gasteiger partial charge < -0.3 is 19.9 Å². The van der Waals surface area contributed by atoms with Crippen molar-refractivity contribution >= 4 is 15.7 Å². The van der Waals surface area contributed by atoms with Crippen LogP contribution in [-0.4, -0.2) is 53.2 Å². The zero-order valence-corrected chi connectivity index (χ0v) is 13.1. The second kappa shape index (κ2) is 6.08. The van der Waals surface area contributed by atoms with Crippen molar-refractivity contribution in [3.8, 4) is 11.5 Å². The SMILES string of the molecule is COc1cc(OC)c(S(=O)(=O)N2CCC(OC)C2)cc1N. The van der Waals surface area contributed by atoms with Gasteiger partial charge in [-0.2, -0.15) is 4.31 Å². The highest BCUT2D eigenvalue weighted by atomic mass is 32.2. The van der Waals surface area contributed by atoms with Crippen LogP contribution in [0.25, 0.3) is 0 Å². The molecule has 8 heteroatoms. The van der Waals surface area contributed by atoms with E-state index in [1.54, 1.807) is 7.11 Å². The minimum absolute atomic E-state index is 0.0417. The average Bonchev–Trinajstić information content (AvgIpc) is 2.96. The van der Waals surface area contributed by atoms with Crippen LogP contribution in [0.2, 0.25) is 0 Å². The molecule has 1 unspecified atom stereocenters. The average molecular weight is 316 g/mol. The molecule has 0 aliphatic carbocycles. The summed E-state index contributed by atoms with van der Waals surface area (Å²) in [5, 5.41) is 0. The Balaban J connectivity index is 2.42. The van der Waals surface area contributed by atoms with E-state index < -0.39 is 10.0 Å². The van der Waals surface area contributed by atoms with E-state index in [2.05, 4.69) is 0 Å². The van der Waals surface area contributed by atoms with Gasteiger partial charge in [0.2, 0.25) is 10.0 Å². The second-order valence-corrected chi connectivity index (χ2v) is 6.66. The minimum atomic E-state index is -3.68. The number of anilines is 1. The summed E-state index contributed by atoms with van der Waals surface area (Å²) >= 11 is 0. The van der Waals surface area contributed by atoms with Gasteiger partial charge in [-0.15, -0.1) is 0 Å². The van der Waals surface area contributed by atoms with Gasteiger partial charge in [0.05, 0.1) is 26.0 Å². The summed E-state index contributed by atoms with van der Waals surface area (Å²) < 4.78 is 42.3. The molecule has 21 heavy (non-hydrogen) atoms. The number of rotatable bonds is 5. The van der Waals surface area contributed by atoms with Gasteiger partial charge in [-0.1, -0.05) is 0 Å². The first-order valence-electron chi connectivity index (χ1n) is 6.48. The fourth-order valence-electron chi connectivity index (χ4n) is 2.34. The summed E-state index contributed by atoms with van der Waals surface area (Å²) in [6.45, 7) is 0.740. The predicted octanol–water partition coefficient (Wildman–Crippen LogP) is 0.695. The Bertz CT molecular complexity index is 617. The molecular weight excluding hydrogens is 296 g/mol. The lowest BCUT2D eigenvalue weighted by molar-refractivity contribution is 0.115. The van der Waals surface area contributed by atoms with Crippen LogP contribution < -0.4 is 15.2 Å². The number of hydrogen-bond donors (Lipinski definition) is 1. The third-order valence-electron chi connectivity index (χ3n) is 3.57. The van der Waals surface area contributed by atoms with E-state index in [9.17, 15) is 8.42 Å². The van der Waals surface area contributed by atoms with E-state index in [4.69, 9.17) is 19.9 Å². The Kier molecular flexibility index (Phi) is 4.60. The number of nitrogen functional groups attached to an aromatic ring is 1. The first kappa shape index (κ1) is 15.9. The van der Waals surface area contributed by atoms with E-state index >= 15 is 0 Å².